The maximum absolute atomic E-state index is 5.40. The summed E-state index contributed by atoms with van der Waals surface area (Å²) in [6.07, 6.45) is 0. The molecule has 0 saturated heterocycles. The van der Waals surface area contributed by atoms with E-state index in [1.807, 2.05) is 31.2 Å². The molecular formula is C17H22N4O2. The summed E-state index contributed by atoms with van der Waals surface area (Å²) in [5.74, 6) is 3.93. The molecule has 3 rings (SSSR count). The third-order valence-corrected chi connectivity index (χ3v) is 3.25. The van der Waals surface area contributed by atoms with Crippen LogP contribution in [-0.2, 0) is 6.54 Å². The van der Waals surface area contributed by atoms with Gasteiger partial charge in [-0.1, -0.05) is 6.07 Å². The van der Waals surface area contributed by atoms with Gasteiger partial charge in [-0.3, -0.25) is 0 Å². The molecule has 1 aliphatic heterocycles. The summed E-state index contributed by atoms with van der Waals surface area (Å²) in [5.41, 5.74) is 1.06. The highest BCUT2D eigenvalue weighted by atomic mass is 16.7. The first-order valence-corrected chi connectivity index (χ1v) is 7.65. The van der Waals surface area contributed by atoms with Gasteiger partial charge in [-0.05, 0) is 45.4 Å². The minimum atomic E-state index is -0.0462. The van der Waals surface area contributed by atoms with Crippen molar-refractivity contribution >= 4 is 11.6 Å². The summed E-state index contributed by atoms with van der Waals surface area (Å²) >= 11 is 0. The van der Waals surface area contributed by atoms with E-state index >= 15 is 0 Å². The molecular weight excluding hydrogens is 292 g/mol. The van der Waals surface area contributed by atoms with E-state index in [-0.39, 0.29) is 5.54 Å². The zero-order valence-electron chi connectivity index (χ0n) is 13.9. The molecule has 0 bridgehead atoms. The number of rotatable bonds is 4. The number of nitrogens with one attached hydrogen (secondary N) is 2. The van der Waals surface area contributed by atoms with E-state index < -0.39 is 0 Å². The van der Waals surface area contributed by atoms with Crippen molar-refractivity contribution in [2.45, 2.75) is 39.8 Å². The molecule has 0 fully saturated rings. The number of benzene rings is 1. The maximum Gasteiger partial charge on any atom is 0.231 e. The highest BCUT2D eigenvalue weighted by Gasteiger charge is 2.14. The van der Waals surface area contributed by atoms with Gasteiger partial charge in [-0.2, -0.15) is 0 Å². The van der Waals surface area contributed by atoms with Crippen LogP contribution >= 0.6 is 0 Å². The van der Waals surface area contributed by atoms with Gasteiger partial charge < -0.3 is 20.1 Å². The van der Waals surface area contributed by atoms with Gasteiger partial charge in [-0.15, -0.1) is 0 Å². The molecule has 0 unspecified atom stereocenters. The minimum absolute atomic E-state index is 0.0462. The Labute approximate surface area is 136 Å². The van der Waals surface area contributed by atoms with Gasteiger partial charge in [0, 0.05) is 18.2 Å². The summed E-state index contributed by atoms with van der Waals surface area (Å²) in [6, 6.07) is 7.85. The van der Waals surface area contributed by atoms with E-state index in [0.717, 1.165) is 34.5 Å². The fraction of sp³-hybridized carbons (Fsp3) is 0.412. The molecule has 122 valence electrons. The molecule has 0 saturated carbocycles. The summed E-state index contributed by atoms with van der Waals surface area (Å²) < 4.78 is 10.7. The van der Waals surface area contributed by atoms with E-state index in [2.05, 4.69) is 41.4 Å². The smallest absolute Gasteiger partial charge is 0.231 e. The fourth-order valence-corrected chi connectivity index (χ4v) is 2.35. The lowest BCUT2D eigenvalue weighted by atomic mass is 10.1. The van der Waals surface area contributed by atoms with Gasteiger partial charge in [0.15, 0.2) is 11.5 Å². The second-order valence-corrected chi connectivity index (χ2v) is 6.60. The van der Waals surface area contributed by atoms with Crippen molar-refractivity contribution in [2.75, 3.05) is 17.4 Å². The molecule has 1 aromatic carbocycles. The zero-order chi connectivity index (χ0) is 16.4. The standard InChI is InChI=1S/C17H22N4O2/c1-11-19-15(8-16(20-11)21-17(2,3)4)18-9-12-5-6-13-14(7-12)23-10-22-13/h5-8H,9-10H2,1-4H3,(H2,18,19,20,21). The summed E-state index contributed by atoms with van der Waals surface area (Å²) in [5, 5.41) is 6.70. The molecule has 0 amide bonds. The van der Waals surface area contributed by atoms with Gasteiger partial charge in [0.05, 0.1) is 0 Å². The molecule has 6 nitrogen and oxygen atoms in total. The first-order valence-electron chi connectivity index (χ1n) is 7.65. The number of nitrogens with zero attached hydrogens (tertiary/aromatic N) is 2. The Balaban J connectivity index is 1.70. The second kappa shape index (κ2) is 5.95. The average Bonchev–Trinajstić information content (AvgIpc) is 2.90. The van der Waals surface area contributed by atoms with Crippen molar-refractivity contribution < 1.29 is 9.47 Å². The molecule has 0 aliphatic carbocycles. The third kappa shape index (κ3) is 4.03. The van der Waals surface area contributed by atoms with Crippen LogP contribution < -0.4 is 20.1 Å². The Hall–Kier alpha value is -2.50. The quantitative estimate of drug-likeness (QED) is 0.902. The Morgan fingerprint density at radius 2 is 1.78 bits per heavy atom. The van der Waals surface area contributed by atoms with Crippen LogP contribution in [0.4, 0.5) is 11.6 Å². The lowest BCUT2D eigenvalue weighted by Gasteiger charge is -2.21. The summed E-state index contributed by atoms with van der Waals surface area (Å²) in [6.45, 7) is 9.14. The number of aryl methyl sites for hydroxylation is 1. The van der Waals surface area contributed by atoms with E-state index in [1.165, 1.54) is 0 Å². The molecule has 1 aromatic heterocycles. The van der Waals surface area contributed by atoms with Crippen LogP contribution in [-0.4, -0.2) is 22.3 Å². The van der Waals surface area contributed by atoms with Crippen molar-refractivity contribution in [3.05, 3.63) is 35.7 Å². The van der Waals surface area contributed by atoms with Crippen LogP contribution in [0.1, 0.15) is 32.2 Å². The molecule has 0 radical (unpaired) electrons. The normalized spacial score (nSPS) is 13.0. The number of fused-ring (bicyclic) bond motifs is 1. The summed E-state index contributed by atoms with van der Waals surface area (Å²) in [4.78, 5) is 8.86. The first-order chi connectivity index (χ1) is 10.9. The molecule has 2 aromatic rings. The van der Waals surface area contributed by atoms with Crippen molar-refractivity contribution in [3.63, 3.8) is 0 Å². The van der Waals surface area contributed by atoms with E-state index in [9.17, 15) is 0 Å². The van der Waals surface area contributed by atoms with Gasteiger partial charge in [0.2, 0.25) is 6.79 Å². The highest BCUT2D eigenvalue weighted by molar-refractivity contribution is 5.50. The lowest BCUT2D eigenvalue weighted by molar-refractivity contribution is 0.174. The minimum Gasteiger partial charge on any atom is -0.454 e. The molecule has 0 atom stereocenters. The third-order valence-electron chi connectivity index (χ3n) is 3.25. The number of ether oxygens (including phenoxy) is 2. The van der Waals surface area contributed by atoms with Crippen LogP contribution in [0.3, 0.4) is 0 Å². The predicted molar refractivity (Wildman–Crippen MR) is 90.0 cm³/mol. The largest absolute Gasteiger partial charge is 0.454 e. The van der Waals surface area contributed by atoms with Crippen molar-refractivity contribution in [1.29, 1.82) is 0 Å². The van der Waals surface area contributed by atoms with Crippen LogP contribution in [0, 0.1) is 6.92 Å². The van der Waals surface area contributed by atoms with Gasteiger partial charge in [-0.25, -0.2) is 9.97 Å². The van der Waals surface area contributed by atoms with Crippen LogP contribution in [0.5, 0.6) is 11.5 Å². The highest BCUT2D eigenvalue weighted by Crippen LogP contribution is 2.32. The monoisotopic (exact) mass is 314 g/mol. The van der Waals surface area contributed by atoms with Crippen LogP contribution in [0.15, 0.2) is 24.3 Å². The molecule has 2 N–H and O–H groups in total. The Morgan fingerprint density at radius 1 is 1.04 bits per heavy atom. The molecule has 1 aliphatic rings. The second-order valence-electron chi connectivity index (χ2n) is 6.60. The van der Waals surface area contributed by atoms with E-state index in [0.29, 0.717) is 13.3 Å². The maximum atomic E-state index is 5.40. The zero-order valence-corrected chi connectivity index (χ0v) is 13.9. The van der Waals surface area contributed by atoms with Crippen molar-refractivity contribution in [1.82, 2.24) is 9.97 Å². The summed E-state index contributed by atoms with van der Waals surface area (Å²) in [7, 11) is 0. The SMILES string of the molecule is Cc1nc(NCc2ccc3c(c2)OCO3)cc(NC(C)(C)C)n1. The number of aromatic nitrogens is 2. The van der Waals surface area contributed by atoms with Crippen LogP contribution in [0.2, 0.25) is 0 Å². The number of anilines is 2. The Kier molecular flexibility index (Phi) is 3.98. The molecule has 23 heavy (non-hydrogen) atoms. The van der Waals surface area contributed by atoms with Gasteiger partial charge in [0.1, 0.15) is 17.5 Å². The molecule has 6 heteroatoms. The predicted octanol–water partition coefficient (Wildman–Crippen LogP) is 3.34. The molecule has 0 spiro atoms. The van der Waals surface area contributed by atoms with E-state index in [4.69, 9.17) is 9.47 Å². The number of hydrogen-bond donors (Lipinski definition) is 2. The topological polar surface area (TPSA) is 68.3 Å². The fourth-order valence-electron chi connectivity index (χ4n) is 2.35. The van der Waals surface area contributed by atoms with Gasteiger partial charge >= 0.3 is 0 Å². The number of hydrogen-bond acceptors (Lipinski definition) is 6. The van der Waals surface area contributed by atoms with E-state index in [1.54, 1.807) is 0 Å². The molecule has 2 heterocycles. The van der Waals surface area contributed by atoms with Gasteiger partial charge in [0.25, 0.3) is 0 Å². The average molecular weight is 314 g/mol. The lowest BCUT2D eigenvalue weighted by Crippen LogP contribution is -2.27. The Morgan fingerprint density at radius 3 is 2.57 bits per heavy atom. The van der Waals surface area contributed by atoms with Crippen molar-refractivity contribution in [3.8, 4) is 11.5 Å². The van der Waals surface area contributed by atoms with Crippen molar-refractivity contribution in [2.24, 2.45) is 0 Å². The Bertz CT molecular complexity index is 710. The first kappa shape index (κ1) is 15.4. The van der Waals surface area contributed by atoms with Crippen LogP contribution in [0.25, 0.3) is 0 Å².